The molecule has 1 amide bonds. The quantitative estimate of drug-likeness (QED) is 0.851. The third-order valence-electron chi connectivity index (χ3n) is 5.04. The normalized spacial score (nSPS) is 28.2. The van der Waals surface area contributed by atoms with Gasteiger partial charge in [0.25, 0.3) is 0 Å². The Hall–Kier alpha value is -1.46. The highest BCUT2D eigenvalue weighted by molar-refractivity contribution is 5.78. The number of carbonyl (C=O) groups excluding carboxylic acids is 1. The molecule has 3 atom stereocenters. The van der Waals surface area contributed by atoms with Gasteiger partial charge in [0.05, 0.1) is 11.8 Å². The highest BCUT2D eigenvalue weighted by Gasteiger charge is 2.42. The Labute approximate surface area is 138 Å². The van der Waals surface area contributed by atoms with Crippen LogP contribution in [-0.4, -0.2) is 60.6 Å². The van der Waals surface area contributed by atoms with Gasteiger partial charge in [0, 0.05) is 57.9 Å². The van der Waals surface area contributed by atoms with Crippen LogP contribution < -0.4 is 0 Å². The van der Waals surface area contributed by atoms with Crippen molar-refractivity contribution in [3.63, 3.8) is 0 Å². The van der Waals surface area contributed by atoms with Crippen LogP contribution in [0.4, 0.5) is 0 Å². The van der Waals surface area contributed by atoms with Crippen LogP contribution in [0.5, 0.6) is 0 Å². The summed E-state index contributed by atoms with van der Waals surface area (Å²) in [6.45, 7) is 5.53. The van der Waals surface area contributed by atoms with Gasteiger partial charge in [0.15, 0.2) is 0 Å². The summed E-state index contributed by atoms with van der Waals surface area (Å²) in [5.41, 5.74) is 2.16. The van der Waals surface area contributed by atoms with E-state index in [1.54, 1.807) is 4.90 Å². The zero-order chi connectivity index (χ0) is 16.4. The van der Waals surface area contributed by atoms with Gasteiger partial charge in [-0.3, -0.25) is 14.7 Å². The highest BCUT2D eigenvalue weighted by Crippen LogP contribution is 2.34. The average Bonchev–Trinajstić information content (AvgIpc) is 2.53. The minimum Gasteiger partial charge on any atom is -0.378 e. The van der Waals surface area contributed by atoms with Crippen molar-refractivity contribution in [2.45, 2.75) is 32.4 Å². The van der Waals surface area contributed by atoms with Crippen molar-refractivity contribution < 1.29 is 9.53 Å². The Morgan fingerprint density at radius 3 is 2.96 bits per heavy atom. The highest BCUT2D eigenvalue weighted by atomic mass is 16.5. The molecular weight excluding hydrogens is 290 g/mol. The Kier molecular flexibility index (Phi) is 4.97. The van der Waals surface area contributed by atoms with Gasteiger partial charge >= 0.3 is 0 Å². The van der Waals surface area contributed by atoms with Crippen molar-refractivity contribution in [3.8, 4) is 0 Å². The lowest BCUT2D eigenvalue weighted by atomic mass is 9.78. The van der Waals surface area contributed by atoms with Gasteiger partial charge in [-0.25, -0.2) is 0 Å². The van der Waals surface area contributed by atoms with Gasteiger partial charge in [-0.1, -0.05) is 6.07 Å². The largest absolute Gasteiger partial charge is 0.378 e. The van der Waals surface area contributed by atoms with E-state index < -0.39 is 0 Å². The van der Waals surface area contributed by atoms with Gasteiger partial charge in [-0.05, 0) is 31.9 Å². The molecule has 2 saturated heterocycles. The predicted molar refractivity (Wildman–Crippen MR) is 88.9 cm³/mol. The average molecular weight is 317 g/mol. The Bertz CT molecular complexity index is 561. The van der Waals surface area contributed by atoms with E-state index in [4.69, 9.17) is 4.74 Å². The van der Waals surface area contributed by atoms with Crippen molar-refractivity contribution in [3.05, 3.63) is 29.6 Å². The van der Waals surface area contributed by atoms with E-state index in [1.165, 1.54) is 0 Å². The molecule has 2 aliphatic heterocycles. The molecule has 2 aliphatic rings. The molecule has 1 aromatic heterocycles. The van der Waals surface area contributed by atoms with E-state index in [9.17, 15) is 4.79 Å². The van der Waals surface area contributed by atoms with Crippen molar-refractivity contribution in [1.29, 1.82) is 0 Å². The molecule has 5 nitrogen and oxygen atoms in total. The van der Waals surface area contributed by atoms with E-state index in [2.05, 4.69) is 22.0 Å². The number of aryl methyl sites for hydroxylation is 1. The van der Waals surface area contributed by atoms with E-state index >= 15 is 0 Å². The third-order valence-corrected chi connectivity index (χ3v) is 5.04. The number of carbonyl (C=O) groups is 1. The topological polar surface area (TPSA) is 45.7 Å². The molecule has 3 heterocycles. The fourth-order valence-electron chi connectivity index (χ4n) is 3.88. The SMILES string of the molecule is Cc1cccc(CN2CC[C@H]3OCC[C@@H](C(=O)N(C)C)[C@H]3C2)n1. The molecule has 0 bridgehead atoms. The number of amides is 1. The van der Waals surface area contributed by atoms with Gasteiger partial charge in [0.2, 0.25) is 5.91 Å². The van der Waals surface area contributed by atoms with Crippen LogP contribution in [0.25, 0.3) is 0 Å². The lowest BCUT2D eigenvalue weighted by Crippen LogP contribution is -2.53. The maximum absolute atomic E-state index is 12.5. The first-order valence-electron chi connectivity index (χ1n) is 8.52. The number of hydrogen-bond donors (Lipinski definition) is 0. The second-order valence-corrected chi connectivity index (χ2v) is 7.00. The molecule has 23 heavy (non-hydrogen) atoms. The summed E-state index contributed by atoms with van der Waals surface area (Å²) in [5.74, 6) is 0.646. The number of hydrogen-bond acceptors (Lipinski definition) is 4. The minimum atomic E-state index is 0.0945. The molecule has 1 aromatic rings. The molecular formula is C18H27N3O2. The lowest BCUT2D eigenvalue weighted by Gasteiger charge is -2.45. The van der Waals surface area contributed by atoms with Gasteiger partial charge in [0.1, 0.15) is 0 Å². The Balaban J connectivity index is 1.69. The first kappa shape index (κ1) is 16.4. The van der Waals surface area contributed by atoms with Crippen LogP contribution in [0, 0.1) is 18.8 Å². The number of pyridine rings is 1. The molecule has 5 heteroatoms. The Morgan fingerprint density at radius 1 is 1.39 bits per heavy atom. The summed E-state index contributed by atoms with van der Waals surface area (Å²) in [5, 5.41) is 0. The van der Waals surface area contributed by atoms with Crippen molar-refractivity contribution in [2.24, 2.45) is 11.8 Å². The van der Waals surface area contributed by atoms with Crippen LogP contribution in [0.1, 0.15) is 24.2 Å². The summed E-state index contributed by atoms with van der Waals surface area (Å²) >= 11 is 0. The molecule has 0 aliphatic carbocycles. The number of rotatable bonds is 3. The lowest BCUT2D eigenvalue weighted by molar-refractivity contribution is -0.149. The predicted octanol–water partition coefficient (Wildman–Crippen LogP) is 1.71. The van der Waals surface area contributed by atoms with Crippen molar-refractivity contribution >= 4 is 5.91 Å². The third kappa shape index (κ3) is 3.72. The van der Waals surface area contributed by atoms with Crippen LogP contribution in [-0.2, 0) is 16.1 Å². The van der Waals surface area contributed by atoms with Crippen LogP contribution in [0.15, 0.2) is 18.2 Å². The van der Waals surface area contributed by atoms with Gasteiger partial charge < -0.3 is 9.64 Å². The molecule has 0 saturated carbocycles. The second-order valence-electron chi connectivity index (χ2n) is 7.00. The number of fused-ring (bicyclic) bond motifs is 1. The number of nitrogens with zero attached hydrogens (tertiary/aromatic N) is 3. The smallest absolute Gasteiger partial charge is 0.225 e. The zero-order valence-electron chi connectivity index (χ0n) is 14.4. The molecule has 2 fully saturated rings. The summed E-state index contributed by atoms with van der Waals surface area (Å²) < 4.78 is 5.95. The fourth-order valence-corrected chi connectivity index (χ4v) is 3.88. The first-order valence-corrected chi connectivity index (χ1v) is 8.52. The number of likely N-dealkylation sites (tertiary alicyclic amines) is 1. The van der Waals surface area contributed by atoms with Gasteiger partial charge in [-0.15, -0.1) is 0 Å². The Morgan fingerprint density at radius 2 is 2.22 bits per heavy atom. The molecule has 0 aromatic carbocycles. The number of piperidine rings is 1. The minimum absolute atomic E-state index is 0.0945. The molecule has 0 radical (unpaired) electrons. The maximum Gasteiger partial charge on any atom is 0.225 e. The molecule has 0 unspecified atom stereocenters. The number of aromatic nitrogens is 1. The summed E-state index contributed by atoms with van der Waals surface area (Å²) in [6.07, 6.45) is 2.09. The van der Waals surface area contributed by atoms with Crippen LogP contribution in [0.3, 0.4) is 0 Å². The molecule has 0 N–H and O–H groups in total. The summed E-state index contributed by atoms with van der Waals surface area (Å²) in [7, 11) is 3.70. The zero-order valence-corrected chi connectivity index (χ0v) is 14.4. The monoisotopic (exact) mass is 317 g/mol. The van der Waals surface area contributed by atoms with Crippen LogP contribution >= 0.6 is 0 Å². The van der Waals surface area contributed by atoms with E-state index in [1.807, 2.05) is 27.1 Å². The number of ether oxygens (including phenoxy) is 1. The van der Waals surface area contributed by atoms with Gasteiger partial charge in [-0.2, -0.15) is 0 Å². The van der Waals surface area contributed by atoms with E-state index in [-0.39, 0.29) is 17.9 Å². The standard InChI is InChI=1S/C18H27N3O2/c1-13-5-4-6-14(19-13)11-21-9-7-17-16(12-21)15(8-10-23-17)18(22)20(2)3/h4-6,15-17H,7-12H2,1-3H3/t15-,16-,17-/m1/s1. The van der Waals surface area contributed by atoms with Crippen LogP contribution in [0.2, 0.25) is 0 Å². The molecule has 3 rings (SSSR count). The van der Waals surface area contributed by atoms with E-state index in [0.29, 0.717) is 12.5 Å². The van der Waals surface area contributed by atoms with Crippen molar-refractivity contribution in [2.75, 3.05) is 33.8 Å². The first-order chi connectivity index (χ1) is 11.0. The molecule has 0 spiro atoms. The fraction of sp³-hybridized carbons (Fsp3) is 0.667. The summed E-state index contributed by atoms with van der Waals surface area (Å²) in [4.78, 5) is 21.3. The molecule has 126 valence electrons. The maximum atomic E-state index is 12.5. The van der Waals surface area contributed by atoms with E-state index in [0.717, 1.165) is 43.9 Å². The van der Waals surface area contributed by atoms with Crippen molar-refractivity contribution in [1.82, 2.24) is 14.8 Å². The summed E-state index contributed by atoms with van der Waals surface area (Å²) in [6, 6.07) is 6.17. The second kappa shape index (κ2) is 6.97.